The molecule has 1 N–H and O–H groups in total. The van der Waals surface area contributed by atoms with E-state index in [1.165, 1.54) is 0 Å². The smallest absolute Gasteiger partial charge is 0.240 e. The number of amides is 1. The maximum Gasteiger partial charge on any atom is 0.240 e. The van der Waals surface area contributed by atoms with E-state index in [4.69, 9.17) is 0 Å². The Hall–Kier alpha value is -1.40. The summed E-state index contributed by atoms with van der Waals surface area (Å²) in [6.45, 7) is 5.41. The Kier molecular flexibility index (Phi) is 6.58. The molecule has 0 aromatic heterocycles. The molecule has 0 saturated heterocycles. The third-order valence-corrected chi connectivity index (χ3v) is 7.50. The molecule has 5 nitrogen and oxygen atoms in total. The average molecular weight is 393 g/mol. The fraction of sp³-hybridized carbons (Fsp3) is 0.667. The van der Waals surface area contributed by atoms with Gasteiger partial charge in [0, 0.05) is 24.7 Å². The number of nitrogens with zero attached hydrogens (tertiary/aromatic N) is 1. The third kappa shape index (κ3) is 4.54. The lowest BCUT2D eigenvalue weighted by Crippen LogP contribution is -2.37. The van der Waals surface area contributed by atoms with Crippen molar-refractivity contribution in [3.63, 3.8) is 0 Å². The Morgan fingerprint density at radius 1 is 1.30 bits per heavy atom. The molecule has 2 aliphatic rings. The van der Waals surface area contributed by atoms with Gasteiger partial charge in [-0.3, -0.25) is 4.79 Å². The zero-order valence-corrected chi connectivity index (χ0v) is 17.4. The van der Waals surface area contributed by atoms with Crippen LogP contribution in [0.4, 0.5) is 5.69 Å². The summed E-state index contributed by atoms with van der Waals surface area (Å²) in [5.74, 6) is 0.746. The van der Waals surface area contributed by atoms with Gasteiger partial charge in [-0.25, -0.2) is 13.1 Å². The molecule has 0 spiro atoms. The summed E-state index contributed by atoms with van der Waals surface area (Å²) in [4.78, 5) is 14.7. The Labute approximate surface area is 163 Å². The molecule has 6 heteroatoms. The van der Waals surface area contributed by atoms with Crippen LogP contribution in [0.3, 0.4) is 0 Å². The summed E-state index contributed by atoms with van der Waals surface area (Å²) < 4.78 is 28.2. The SMILES string of the molecule is CCCC[C@@H](CC)CNS(=O)(=O)c1ccc2c(c1)CCN2C(=O)C1CCC1. The molecular weight excluding hydrogens is 360 g/mol. The van der Waals surface area contributed by atoms with Crippen LogP contribution >= 0.6 is 0 Å². The molecule has 1 saturated carbocycles. The standard InChI is InChI=1S/C21H32N2O3S/c1-3-5-7-16(4-2)15-22-27(25,26)19-10-11-20-18(14-19)12-13-23(20)21(24)17-8-6-9-17/h10-11,14,16-17,22H,3-9,12-13,15H2,1-2H3/t16-/m1/s1. The number of hydrogen-bond acceptors (Lipinski definition) is 3. The second-order valence-electron chi connectivity index (χ2n) is 7.93. The van der Waals surface area contributed by atoms with E-state index >= 15 is 0 Å². The molecule has 0 unspecified atom stereocenters. The summed E-state index contributed by atoms with van der Waals surface area (Å²) in [5, 5.41) is 0. The average Bonchev–Trinajstić information content (AvgIpc) is 3.03. The van der Waals surface area contributed by atoms with Gasteiger partial charge in [-0.05, 0) is 55.4 Å². The molecule has 1 aliphatic carbocycles. The Balaban J connectivity index is 1.68. The van der Waals surface area contributed by atoms with Crippen LogP contribution in [-0.2, 0) is 21.2 Å². The maximum atomic E-state index is 12.7. The molecule has 1 aromatic rings. The fourth-order valence-electron chi connectivity index (χ4n) is 3.90. The first-order chi connectivity index (χ1) is 13.0. The van der Waals surface area contributed by atoms with Crippen LogP contribution in [0, 0.1) is 11.8 Å². The molecule has 1 atom stereocenters. The van der Waals surface area contributed by atoms with Gasteiger partial charge >= 0.3 is 0 Å². The van der Waals surface area contributed by atoms with Crippen LogP contribution in [0.2, 0.25) is 0 Å². The van der Waals surface area contributed by atoms with Crippen LogP contribution in [0.1, 0.15) is 64.4 Å². The van der Waals surface area contributed by atoms with E-state index in [1.807, 2.05) is 11.0 Å². The topological polar surface area (TPSA) is 66.5 Å². The number of hydrogen-bond donors (Lipinski definition) is 1. The lowest BCUT2D eigenvalue weighted by Gasteiger charge is -2.29. The van der Waals surface area contributed by atoms with Crippen LogP contribution in [-0.4, -0.2) is 27.4 Å². The van der Waals surface area contributed by atoms with E-state index in [-0.39, 0.29) is 11.8 Å². The number of fused-ring (bicyclic) bond motifs is 1. The third-order valence-electron chi connectivity index (χ3n) is 6.08. The van der Waals surface area contributed by atoms with Gasteiger partial charge in [0.15, 0.2) is 0 Å². The van der Waals surface area contributed by atoms with Crippen molar-refractivity contribution in [3.05, 3.63) is 23.8 Å². The molecule has 3 rings (SSSR count). The lowest BCUT2D eigenvalue weighted by molar-refractivity contribution is -0.124. The first-order valence-corrected chi connectivity index (χ1v) is 11.9. The summed E-state index contributed by atoms with van der Waals surface area (Å²) in [7, 11) is -3.51. The first-order valence-electron chi connectivity index (χ1n) is 10.4. The van der Waals surface area contributed by atoms with E-state index in [0.29, 0.717) is 23.9 Å². The van der Waals surface area contributed by atoms with Gasteiger partial charge in [-0.15, -0.1) is 0 Å². The zero-order chi connectivity index (χ0) is 19.4. The van der Waals surface area contributed by atoms with Crippen molar-refractivity contribution in [1.29, 1.82) is 0 Å². The second kappa shape index (κ2) is 8.74. The van der Waals surface area contributed by atoms with Crippen LogP contribution in [0.15, 0.2) is 23.1 Å². The van der Waals surface area contributed by atoms with E-state index in [0.717, 1.165) is 62.6 Å². The van der Waals surface area contributed by atoms with Gasteiger partial charge < -0.3 is 4.90 Å². The number of nitrogens with one attached hydrogen (secondary N) is 1. The number of unbranched alkanes of at least 4 members (excludes halogenated alkanes) is 1. The van der Waals surface area contributed by atoms with Crippen molar-refractivity contribution in [2.45, 2.75) is 70.1 Å². The molecule has 0 radical (unpaired) electrons. The van der Waals surface area contributed by atoms with Crippen molar-refractivity contribution in [1.82, 2.24) is 4.72 Å². The fourth-order valence-corrected chi connectivity index (χ4v) is 5.07. The molecule has 150 valence electrons. The van der Waals surface area contributed by atoms with Crippen molar-refractivity contribution >= 4 is 21.6 Å². The summed E-state index contributed by atoms with van der Waals surface area (Å²) in [6.07, 6.45) is 8.12. The minimum absolute atomic E-state index is 0.162. The minimum Gasteiger partial charge on any atom is -0.312 e. The largest absolute Gasteiger partial charge is 0.312 e. The zero-order valence-electron chi connectivity index (χ0n) is 16.5. The predicted octanol–water partition coefficient (Wildman–Crippen LogP) is 3.87. The van der Waals surface area contributed by atoms with Gasteiger partial charge in [0.1, 0.15) is 0 Å². The number of benzene rings is 1. The molecule has 0 bridgehead atoms. The Morgan fingerprint density at radius 3 is 2.70 bits per heavy atom. The highest BCUT2D eigenvalue weighted by Crippen LogP contribution is 2.35. The van der Waals surface area contributed by atoms with E-state index < -0.39 is 10.0 Å². The normalized spacial score (nSPS) is 18.2. The van der Waals surface area contributed by atoms with Crippen molar-refractivity contribution < 1.29 is 13.2 Å². The number of carbonyl (C=O) groups is 1. The number of sulfonamides is 1. The molecule has 1 aliphatic heterocycles. The quantitative estimate of drug-likeness (QED) is 0.694. The second-order valence-corrected chi connectivity index (χ2v) is 9.69. The van der Waals surface area contributed by atoms with Crippen LogP contribution < -0.4 is 9.62 Å². The Bertz CT molecular complexity index is 772. The highest BCUT2D eigenvalue weighted by atomic mass is 32.2. The highest BCUT2D eigenvalue weighted by molar-refractivity contribution is 7.89. The number of carbonyl (C=O) groups excluding carboxylic acids is 1. The molecule has 1 heterocycles. The van der Waals surface area contributed by atoms with Gasteiger partial charge in [0.25, 0.3) is 0 Å². The highest BCUT2D eigenvalue weighted by Gasteiger charge is 2.33. The van der Waals surface area contributed by atoms with E-state index in [9.17, 15) is 13.2 Å². The van der Waals surface area contributed by atoms with Gasteiger partial charge in [0.05, 0.1) is 4.90 Å². The van der Waals surface area contributed by atoms with Crippen LogP contribution in [0.25, 0.3) is 0 Å². The maximum absolute atomic E-state index is 12.7. The van der Waals surface area contributed by atoms with Gasteiger partial charge in [-0.1, -0.05) is 39.5 Å². The summed E-state index contributed by atoms with van der Waals surface area (Å²) in [5.41, 5.74) is 1.85. The van der Waals surface area contributed by atoms with E-state index in [2.05, 4.69) is 18.6 Å². The van der Waals surface area contributed by atoms with Crippen molar-refractivity contribution in [2.24, 2.45) is 11.8 Å². The molecular formula is C21H32N2O3S. The summed E-state index contributed by atoms with van der Waals surface area (Å²) in [6, 6.07) is 5.20. The Morgan fingerprint density at radius 2 is 2.07 bits per heavy atom. The molecule has 1 amide bonds. The monoisotopic (exact) mass is 392 g/mol. The van der Waals surface area contributed by atoms with Crippen molar-refractivity contribution in [3.8, 4) is 0 Å². The van der Waals surface area contributed by atoms with Crippen LogP contribution in [0.5, 0.6) is 0 Å². The van der Waals surface area contributed by atoms with Gasteiger partial charge in [-0.2, -0.15) is 0 Å². The predicted molar refractivity (Wildman–Crippen MR) is 108 cm³/mol. The number of rotatable bonds is 9. The van der Waals surface area contributed by atoms with E-state index in [1.54, 1.807) is 12.1 Å². The van der Waals surface area contributed by atoms with Gasteiger partial charge in [0.2, 0.25) is 15.9 Å². The number of anilines is 1. The lowest BCUT2D eigenvalue weighted by atomic mass is 9.84. The first kappa shape index (κ1) is 20.3. The molecule has 1 aromatic carbocycles. The van der Waals surface area contributed by atoms with Crippen molar-refractivity contribution in [2.75, 3.05) is 18.0 Å². The minimum atomic E-state index is -3.51. The molecule has 27 heavy (non-hydrogen) atoms. The summed E-state index contributed by atoms with van der Waals surface area (Å²) >= 11 is 0. The molecule has 1 fully saturated rings.